The van der Waals surface area contributed by atoms with Crippen LogP contribution in [-0.2, 0) is 4.79 Å². The minimum absolute atomic E-state index is 0.329. The molecule has 1 aromatic rings. The van der Waals surface area contributed by atoms with Crippen LogP contribution in [0.5, 0.6) is 5.75 Å². The molecule has 0 aromatic heterocycles. The summed E-state index contributed by atoms with van der Waals surface area (Å²) in [5.41, 5.74) is 1.20. The fourth-order valence-electron chi connectivity index (χ4n) is 3.09. The smallest absolute Gasteiger partial charge is 0.147 e. The van der Waals surface area contributed by atoms with Crippen molar-refractivity contribution in [2.45, 2.75) is 18.8 Å². The molecule has 0 bridgehead atoms. The zero-order valence-corrected chi connectivity index (χ0v) is 11.8. The molecule has 0 amide bonds. The summed E-state index contributed by atoms with van der Waals surface area (Å²) < 4.78 is 5.66. The summed E-state index contributed by atoms with van der Waals surface area (Å²) in [6.45, 7) is 5.27. The number of fused-ring (bicyclic) bond motifs is 1. The fraction of sp³-hybridized carbons (Fsp3) is 0.562. The highest BCUT2D eigenvalue weighted by Gasteiger charge is 2.24. The van der Waals surface area contributed by atoms with Crippen LogP contribution in [0.2, 0.25) is 0 Å². The molecule has 1 unspecified atom stereocenters. The average molecular weight is 274 g/mol. The van der Waals surface area contributed by atoms with Gasteiger partial charge in [-0.1, -0.05) is 18.2 Å². The normalized spacial score (nSPS) is 22.9. The van der Waals surface area contributed by atoms with Gasteiger partial charge in [0.1, 0.15) is 11.5 Å². The third kappa shape index (κ3) is 3.19. The fourth-order valence-corrected chi connectivity index (χ4v) is 3.09. The van der Waals surface area contributed by atoms with Gasteiger partial charge in [-0.05, 0) is 24.0 Å². The molecule has 1 atom stereocenters. The number of nitrogens with one attached hydrogen (secondary N) is 1. The van der Waals surface area contributed by atoms with Crippen molar-refractivity contribution in [2.24, 2.45) is 0 Å². The second-order valence-electron chi connectivity index (χ2n) is 5.64. The number of Topliss-reactive ketones (excluding diaryl/α,β-unsaturated/α-hetero) is 1. The summed E-state index contributed by atoms with van der Waals surface area (Å²) in [6, 6.07) is 8.12. The standard InChI is InChI=1S/C16H22N2O2/c19-14(12-18-8-6-17-7-9-18)11-13-5-10-20-16-4-2-1-3-15(13)16/h1-4,13,17H,5-12H2. The van der Waals surface area contributed by atoms with Crippen molar-refractivity contribution >= 4 is 5.78 Å². The van der Waals surface area contributed by atoms with E-state index in [4.69, 9.17) is 4.74 Å². The SMILES string of the molecule is O=C(CC1CCOc2ccccc21)CN1CCNCC1. The number of piperazine rings is 1. The molecule has 3 rings (SSSR count). The van der Waals surface area contributed by atoms with Gasteiger partial charge in [0.15, 0.2) is 0 Å². The van der Waals surface area contributed by atoms with Crippen molar-refractivity contribution in [3.05, 3.63) is 29.8 Å². The van der Waals surface area contributed by atoms with E-state index in [9.17, 15) is 4.79 Å². The Kier molecular flexibility index (Phi) is 4.33. The van der Waals surface area contributed by atoms with Gasteiger partial charge in [-0.3, -0.25) is 9.69 Å². The Morgan fingerprint density at radius 2 is 2.10 bits per heavy atom. The highest BCUT2D eigenvalue weighted by atomic mass is 16.5. The third-order valence-corrected chi connectivity index (χ3v) is 4.17. The van der Waals surface area contributed by atoms with Crippen LogP contribution in [0.1, 0.15) is 24.3 Å². The van der Waals surface area contributed by atoms with Crippen LogP contribution in [-0.4, -0.2) is 50.0 Å². The second kappa shape index (κ2) is 6.37. The van der Waals surface area contributed by atoms with Crippen LogP contribution in [0.15, 0.2) is 24.3 Å². The van der Waals surface area contributed by atoms with Crippen LogP contribution in [0, 0.1) is 0 Å². The molecule has 1 N–H and O–H groups in total. The van der Waals surface area contributed by atoms with Crippen molar-refractivity contribution in [3.63, 3.8) is 0 Å². The van der Waals surface area contributed by atoms with Crippen molar-refractivity contribution in [1.29, 1.82) is 0 Å². The maximum atomic E-state index is 12.3. The van der Waals surface area contributed by atoms with E-state index in [0.29, 0.717) is 24.7 Å². The quantitative estimate of drug-likeness (QED) is 0.901. The number of carbonyl (C=O) groups excluding carboxylic acids is 1. The Labute approximate surface area is 120 Å². The summed E-state index contributed by atoms with van der Waals surface area (Å²) in [4.78, 5) is 14.5. The van der Waals surface area contributed by atoms with Gasteiger partial charge >= 0.3 is 0 Å². The van der Waals surface area contributed by atoms with E-state index in [1.165, 1.54) is 5.56 Å². The highest BCUT2D eigenvalue weighted by Crippen LogP contribution is 2.35. The Balaban J connectivity index is 1.59. The third-order valence-electron chi connectivity index (χ3n) is 4.17. The van der Waals surface area contributed by atoms with Gasteiger partial charge in [0.25, 0.3) is 0 Å². The number of nitrogens with zero attached hydrogens (tertiary/aromatic N) is 1. The lowest BCUT2D eigenvalue weighted by atomic mass is 9.88. The molecule has 0 radical (unpaired) electrons. The summed E-state index contributed by atoms with van der Waals surface area (Å²) in [6.07, 6.45) is 1.59. The van der Waals surface area contributed by atoms with E-state index in [1.807, 2.05) is 18.2 Å². The molecule has 4 heteroatoms. The predicted molar refractivity (Wildman–Crippen MR) is 78.2 cm³/mol. The monoisotopic (exact) mass is 274 g/mol. The number of para-hydroxylation sites is 1. The first kappa shape index (κ1) is 13.6. The molecule has 2 heterocycles. The molecule has 108 valence electrons. The van der Waals surface area contributed by atoms with Gasteiger partial charge in [-0.15, -0.1) is 0 Å². The minimum Gasteiger partial charge on any atom is -0.493 e. The summed E-state index contributed by atoms with van der Waals surface area (Å²) >= 11 is 0. The van der Waals surface area contributed by atoms with Crippen molar-refractivity contribution in [1.82, 2.24) is 10.2 Å². The van der Waals surface area contributed by atoms with E-state index in [0.717, 1.165) is 45.0 Å². The summed E-state index contributed by atoms with van der Waals surface area (Å²) in [5.74, 6) is 1.64. The van der Waals surface area contributed by atoms with E-state index >= 15 is 0 Å². The minimum atomic E-state index is 0.329. The van der Waals surface area contributed by atoms with Crippen LogP contribution >= 0.6 is 0 Å². The van der Waals surface area contributed by atoms with Crippen LogP contribution in [0.3, 0.4) is 0 Å². The van der Waals surface area contributed by atoms with Crippen molar-refractivity contribution < 1.29 is 9.53 Å². The Hall–Kier alpha value is -1.39. The topological polar surface area (TPSA) is 41.6 Å². The largest absolute Gasteiger partial charge is 0.493 e. The van der Waals surface area contributed by atoms with E-state index in [-0.39, 0.29) is 0 Å². The molecule has 2 aliphatic rings. The average Bonchev–Trinajstić information content (AvgIpc) is 2.48. The number of ketones is 1. The lowest BCUT2D eigenvalue weighted by Crippen LogP contribution is -2.45. The molecule has 4 nitrogen and oxygen atoms in total. The molecule has 0 spiro atoms. The molecule has 2 aliphatic heterocycles. The second-order valence-corrected chi connectivity index (χ2v) is 5.64. The van der Waals surface area contributed by atoms with E-state index < -0.39 is 0 Å². The maximum absolute atomic E-state index is 12.3. The van der Waals surface area contributed by atoms with Gasteiger partial charge in [-0.2, -0.15) is 0 Å². The number of rotatable bonds is 4. The van der Waals surface area contributed by atoms with Crippen LogP contribution in [0.25, 0.3) is 0 Å². The van der Waals surface area contributed by atoms with Crippen LogP contribution in [0.4, 0.5) is 0 Å². The highest BCUT2D eigenvalue weighted by molar-refractivity contribution is 5.81. The Morgan fingerprint density at radius 3 is 2.95 bits per heavy atom. The molecule has 0 saturated carbocycles. The first-order valence-corrected chi connectivity index (χ1v) is 7.49. The molecular weight excluding hydrogens is 252 g/mol. The first-order chi connectivity index (χ1) is 9.83. The van der Waals surface area contributed by atoms with Gasteiger partial charge in [0.05, 0.1) is 13.2 Å². The lowest BCUT2D eigenvalue weighted by molar-refractivity contribution is -0.120. The van der Waals surface area contributed by atoms with Gasteiger partial charge in [0.2, 0.25) is 0 Å². The van der Waals surface area contributed by atoms with Gasteiger partial charge in [0, 0.05) is 32.6 Å². The zero-order valence-electron chi connectivity index (χ0n) is 11.8. The molecule has 1 fully saturated rings. The van der Waals surface area contributed by atoms with Gasteiger partial charge in [-0.25, -0.2) is 0 Å². The number of ether oxygens (including phenoxy) is 1. The molecule has 1 saturated heterocycles. The van der Waals surface area contributed by atoms with Gasteiger partial charge < -0.3 is 10.1 Å². The van der Waals surface area contributed by atoms with Crippen molar-refractivity contribution in [2.75, 3.05) is 39.3 Å². The van der Waals surface area contributed by atoms with Crippen molar-refractivity contribution in [3.8, 4) is 5.75 Å². The Bertz CT molecular complexity index is 469. The maximum Gasteiger partial charge on any atom is 0.147 e. The van der Waals surface area contributed by atoms with E-state index in [2.05, 4.69) is 16.3 Å². The van der Waals surface area contributed by atoms with E-state index in [1.54, 1.807) is 0 Å². The molecule has 20 heavy (non-hydrogen) atoms. The molecule has 1 aromatic carbocycles. The molecular formula is C16H22N2O2. The number of hydrogen-bond acceptors (Lipinski definition) is 4. The summed E-state index contributed by atoms with van der Waals surface area (Å²) in [7, 11) is 0. The zero-order chi connectivity index (χ0) is 13.8. The number of carbonyl (C=O) groups is 1. The first-order valence-electron chi connectivity index (χ1n) is 7.49. The lowest BCUT2D eigenvalue weighted by Gasteiger charge is -2.28. The number of benzene rings is 1. The number of hydrogen-bond donors (Lipinski definition) is 1. The molecule has 0 aliphatic carbocycles. The predicted octanol–water partition coefficient (Wildman–Crippen LogP) is 1.42. The Morgan fingerprint density at radius 1 is 1.30 bits per heavy atom. The van der Waals surface area contributed by atoms with Crippen LogP contribution < -0.4 is 10.1 Å². The summed E-state index contributed by atoms with van der Waals surface area (Å²) in [5, 5.41) is 3.31.